The van der Waals surface area contributed by atoms with Gasteiger partial charge in [-0.1, -0.05) is 77.9 Å². The second kappa shape index (κ2) is 10.4. The summed E-state index contributed by atoms with van der Waals surface area (Å²) in [6, 6.07) is 26.5. The summed E-state index contributed by atoms with van der Waals surface area (Å²) in [5.74, 6) is -0.643. The number of aromatic nitrogens is 2. The van der Waals surface area contributed by atoms with Crippen molar-refractivity contribution in [3.63, 3.8) is 0 Å². The average Bonchev–Trinajstić information content (AvgIpc) is 3.33. The molecule has 0 unspecified atom stereocenters. The molecule has 198 valence electrons. The van der Waals surface area contributed by atoms with Gasteiger partial charge in [-0.2, -0.15) is 5.10 Å². The zero-order valence-corrected chi connectivity index (χ0v) is 22.9. The Morgan fingerprint density at radius 2 is 1.59 bits per heavy atom. The molecule has 39 heavy (non-hydrogen) atoms. The van der Waals surface area contributed by atoms with Gasteiger partial charge in [0.1, 0.15) is 6.04 Å². The SMILES string of the molecule is Cc1ccc(S(=O)(=O)N(c2n[nH]c3cc(-c4cc(C)ccc4C)ccc23)[C@@H](Cc2ccccc2)C(N)=O)cc1. The maximum absolute atomic E-state index is 14.2. The first-order chi connectivity index (χ1) is 18.6. The first-order valence-corrected chi connectivity index (χ1v) is 14.1. The topological polar surface area (TPSA) is 109 Å². The summed E-state index contributed by atoms with van der Waals surface area (Å²) >= 11 is 0. The molecule has 3 N–H and O–H groups in total. The number of nitrogens with zero attached hydrogens (tertiary/aromatic N) is 2. The number of anilines is 1. The largest absolute Gasteiger partial charge is 0.368 e. The quantitative estimate of drug-likeness (QED) is 0.274. The molecule has 0 fully saturated rings. The summed E-state index contributed by atoms with van der Waals surface area (Å²) in [5.41, 5.74) is 12.5. The minimum atomic E-state index is -4.22. The number of hydrogen-bond donors (Lipinski definition) is 2. The lowest BCUT2D eigenvalue weighted by Crippen LogP contribution is -2.49. The molecule has 0 aliphatic carbocycles. The van der Waals surface area contributed by atoms with E-state index in [4.69, 9.17) is 5.73 Å². The van der Waals surface area contributed by atoms with Crippen LogP contribution in [0.3, 0.4) is 0 Å². The number of rotatable bonds is 8. The van der Waals surface area contributed by atoms with Crippen molar-refractivity contribution in [2.75, 3.05) is 4.31 Å². The van der Waals surface area contributed by atoms with Gasteiger partial charge in [0.25, 0.3) is 10.0 Å². The Morgan fingerprint density at radius 1 is 0.897 bits per heavy atom. The summed E-state index contributed by atoms with van der Waals surface area (Å²) in [4.78, 5) is 12.9. The van der Waals surface area contributed by atoms with Crippen molar-refractivity contribution < 1.29 is 13.2 Å². The highest BCUT2D eigenvalue weighted by Gasteiger charge is 2.38. The van der Waals surface area contributed by atoms with Crippen LogP contribution in [0.15, 0.2) is 95.9 Å². The van der Waals surface area contributed by atoms with Crippen molar-refractivity contribution in [3.8, 4) is 11.1 Å². The van der Waals surface area contributed by atoms with Crippen molar-refractivity contribution in [1.29, 1.82) is 0 Å². The molecule has 1 atom stereocenters. The monoisotopic (exact) mass is 538 g/mol. The van der Waals surface area contributed by atoms with E-state index in [1.54, 1.807) is 12.1 Å². The van der Waals surface area contributed by atoms with Crippen molar-refractivity contribution >= 4 is 32.7 Å². The molecule has 7 nitrogen and oxygen atoms in total. The van der Waals surface area contributed by atoms with E-state index in [1.807, 2.05) is 69.3 Å². The number of amides is 1. The van der Waals surface area contributed by atoms with Gasteiger partial charge in [0.05, 0.1) is 10.4 Å². The fourth-order valence-corrected chi connectivity index (χ4v) is 6.36. The molecule has 1 heterocycles. The number of hydrogen-bond acceptors (Lipinski definition) is 4. The lowest BCUT2D eigenvalue weighted by atomic mass is 9.97. The first kappa shape index (κ1) is 26.2. The van der Waals surface area contributed by atoms with Crippen LogP contribution in [0.5, 0.6) is 0 Å². The second-order valence-corrected chi connectivity index (χ2v) is 11.7. The molecule has 0 bridgehead atoms. The third-order valence-corrected chi connectivity index (χ3v) is 8.73. The number of sulfonamides is 1. The van der Waals surface area contributed by atoms with E-state index < -0.39 is 22.0 Å². The summed E-state index contributed by atoms with van der Waals surface area (Å²) in [6.07, 6.45) is 0.0934. The van der Waals surface area contributed by atoms with Gasteiger partial charge in [0, 0.05) is 11.8 Å². The van der Waals surface area contributed by atoms with E-state index in [0.717, 1.165) is 37.7 Å². The third-order valence-electron chi connectivity index (χ3n) is 6.92. The summed E-state index contributed by atoms with van der Waals surface area (Å²) < 4.78 is 29.4. The molecule has 0 saturated heterocycles. The van der Waals surface area contributed by atoms with Crippen molar-refractivity contribution in [2.24, 2.45) is 5.73 Å². The molecule has 5 rings (SSSR count). The van der Waals surface area contributed by atoms with Gasteiger partial charge >= 0.3 is 0 Å². The minimum absolute atomic E-state index is 0.0515. The minimum Gasteiger partial charge on any atom is -0.368 e. The molecule has 0 spiro atoms. The van der Waals surface area contributed by atoms with Gasteiger partial charge in [0.15, 0.2) is 5.82 Å². The maximum atomic E-state index is 14.2. The number of fused-ring (bicyclic) bond motifs is 1. The van der Waals surface area contributed by atoms with Crippen LogP contribution >= 0.6 is 0 Å². The van der Waals surface area contributed by atoms with Crippen molar-refractivity contribution in [2.45, 2.75) is 38.1 Å². The molecular weight excluding hydrogens is 508 g/mol. The van der Waals surface area contributed by atoms with Gasteiger partial charge < -0.3 is 5.73 Å². The Morgan fingerprint density at radius 3 is 2.28 bits per heavy atom. The number of carbonyl (C=O) groups is 1. The van der Waals surface area contributed by atoms with E-state index in [9.17, 15) is 13.2 Å². The van der Waals surface area contributed by atoms with Crippen LogP contribution in [0.4, 0.5) is 5.82 Å². The van der Waals surface area contributed by atoms with Crippen LogP contribution < -0.4 is 10.0 Å². The number of nitrogens with two attached hydrogens (primary N) is 1. The predicted octanol–water partition coefficient (Wildman–Crippen LogP) is 5.45. The van der Waals surface area contributed by atoms with Crippen LogP contribution in [0, 0.1) is 20.8 Å². The number of aryl methyl sites for hydroxylation is 3. The zero-order chi connectivity index (χ0) is 27.7. The number of aromatic amines is 1. The Balaban J connectivity index is 1.68. The fourth-order valence-electron chi connectivity index (χ4n) is 4.78. The highest BCUT2D eigenvalue weighted by Crippen LogP contribution is 2.35. The molecule has 0 aliphatic heterocycles. The second-order valence-electron chi connectivity index (χ2n) is 9.85. The van der Waals surface area contributed by atoms with E-state index in [0.29, 0.717) is 10.9 Å². The Kier molecular flexibility index (Phi) is 6.97. The molecule has 1 amide bonds. The highest BCUT2D eigenvalue weighted by atomic mass is 32.2. The maximum Gasteiger partial charge on any atom is 0.266 e. The Bertz CT molecular complexity index is 1760. The Labute approximate surface area is 228 Å². The summed E-state index contributed by atoms with van der Waals surface area (Å²) in [7, 11) is -4.22. The van der Waals surface area contributed by atoms with Crippen molar-refractivity contribution in [1.82, 2.24) is 10.2 Å². The summed E-state index contributed by atoms with van der Waals surface area (Å²) in [6.45, 7) is 5.97. The van der Waals surface area contributed by atoms with Gasteiger partial charge in [-0.15, -0.1) is 0 Å². The van der Waals surface area contributed by atoms with Gasteiger partial charge in [-0.25, -0.2) is 12.7 Å². The first-order valence-electron chi connectivity index (χ1n) is 12.7. The molecule has 0 radical (unpaired) electrons. The van der Waals surface area contributed by atoms with Crippen LogP contribution in [-0.4, -0.2) is 30.6 Å². The van der Waals surface area contributed by atoms with E-state index in [2.05, 4.69) is 28.4 Å². The number of primary amides is 1. The van der Waals surface area contributed by atoms with Crippen LogP contribution in [0.25, 0.3) is 22.0 Å². The fraction of sp³-hybridized carbons (Fsp3) is 0.161. The third kappa shape index (κ3) is 5.15. The molecular formula is C31H30N4O3S. The Hall–Kier alpha value is -4.43. The van der Waals surface area contributed by atoms with E-state index >= 15 is 0 Å². The van der Waals surface area contributed by atoms with Crippen LogP contribution in [0.2, 0.25) is 0 Å². The number of nitrogens with one attached hydrogen (secondary N) is 1. The number of benzene rings is 4. The van der Waals surface area contributed by atoms with Gasteiger partial charge in [-0.05, 0) is 67.3 Å². The smallest absolute Gasteiger partial charge is 0.266 e. The van der Waals surface area contributed by atoms with Crippen LogP contribution in [0.1, 0.15) is 22.3 Å². The average molecular weight is 539 g/mol. The van der Waals surface area contributed by atoms with E-state index in [-0.39, 0.29) is 17.1 Å². The molecule has 0 saturated carbocycles. The lowest BCUT2D eigenvalue weighted by molar-refractivity contribution is -0.119. The number of H-pyrrole nitrogens is 1. The highest BCUT2D eigenvalue weighted by molar-refractivity contribution is 7.93. The molecule has 1 aromatic heterocycles. The molecule has 8 heteroatoms. The number of carbonyl (C=O) groups excluding carboxylic acids is 1. The van der Waals surface area contributed by atoms with Crippen molar-refractivity contribution in [3.05, 3.63) is 113 Å². The van der Waals surface area contributed by atoms with E-state index in [1.165, 1.54) is 12.1 Å². The lowest BCUT2D eigenvalue weighted by Gasteiger charge is -2.29. The molecule has 0 aliphatic rings. The summed E-state index contributed by atoms with van der Waals surface area (Å²) in [5, 5.41) is 8.00. The standard InChI is InChI=1S/C31H30N4O3S/c1-20-10-14-25(15-11-20)39(37,38)35(29(30(32)36)18-23-7-5-4-6-8-23)31-26-16-13-24(19-28(26)33-34-31)27-17-21(2)9-12-22(27)3/h4-17,19,29H,18H2,1-3H3,(H2,32,36)(H,33,34)/t29-/m0/s1. The van der Waals surface area contributed by atoms with Crippen LogP contribution in [-0.2, 0) is 21.2 Å². The predicted molar refractivity (Wildman–Crippen MR) is 155 cm³/mol. The molecule has 4 aromatic carbocycles. The van der Waals surface area contributed by atoms with Gasteiger partial charge in [0.2, 0.25) is 5.91 Å². The molecule has 5 aromatic rings. The normalized spacial score (nSPS) is 12.4. The van der Waals surface area contributed by atoms with Gasteiger partial charge in [-0.3, -0.25) is 9.89 Å². The zero-order valence-electron chi connectivity index (χ0n) is 22.0.